The lowest BCUT2D eigenvalue weighted by Crippen LogP contribution is -2.63. The van der Waals surface area contributed by atoms with Crippen LogP contribution < -0.4 is 0 Å². The minimum absolute atomic E-state index is 0.150. The van der Waals surface area contributed by atoms with Crippen LogP contribution in [0.25, 0.3) is 0 Å². The van der Waals surface area contributed by atoms with Gasteiger partial charge in [0.2, 0.25) is 5.91 Å². The summed E-state index contributed by atoms with van der Waals surface area (Å²) < 4.78 is 26.8. The van der Waals surface area contributed by atoms with Crippen molar-refractivity contribution in [3.63, 3.8) is 0 Å². The molecule has 2 fully saturated rings. The predicted octanol–water partition coefficient (Wildman–Crippen LogP) is 1.90. The summed E-state index contributed by atoms with van der Waals surface area (Å²) in [6, 6.07) is 2.94. The summed E-state index contributed by atoms with van der Waals surface area (Å²) in [5.41, 5.74) is -0.663. The molecule has 2 atom stereocenters. The Balaban J connectivity index is 1.74. The summed E-state index contributed by atoms with van der Waals surface area (Å²) in [6.07, 6.45) is 1.69. The summed E-state index contributed by atoms with van der Waals surface area (Å²) in [5, 5.41) is 9.75. The number of likely N-dealkylation sites (N-methyl/N-ethyl adjacent to an activating group) is 1. The van der Waals surface area contributed by atoms with Gasteiger partial charge in [0, 0.05) is 25.2 Å². The maximum Gasteiger partial charge on any atom is 0.311 e. The predicted molar refractivity (Wildman–Crippen MR) is 87.0 cm³/mol. The van der Waals surface area contributed by atoms with E-state index >= 15 is 0 Å². The lowest BCUT2D eigenvalue weighted by atomic mass is 9.68. The summed E-state index contributed by atoms with van der Waals surface area (Å²) >= 11 is 0. The second-order valence-electron chi connectivity index (χ2n) is 7.06. The molecule has 0 bridgehead atoms. The second kappa shape index (κ2) is 6.71. The van der Waals surface area contributed by atoms with E-state index in [0.717, 1.165) is 25.1 Å². The second-order valence-corrected chi connectivity index (χ2v) is 7.06. The average molecular weight is 352 g/mol. The van der Waals surface area contributed by atoms with Gasteiger partial charge in [-0.3, -0.25) is 9.59 Å². The van der Waals surface area contributed by atoms with E-state index in [1.165, 1.54) is 6.07 Å². The Morgan fingerprint density at radius 2 is 2.04 bits per heavy atom. The van der Waals surface area contributed by atoms with Crippen molar-refractivity contribution in [1.29, 1.82) is 0 Å². The third-order valence-electron chi connectivity index (χ3n) is 5.66. The van der Waals surface area contributed by atoms with Crippen LogP contribution in [0.3, 0.4) is 0 Å². The molecule has 136 valence electrons. The number of likely N-dealkylation sites (tertiary alicyclic amines) is 2. The van der Waals surface area contributed by atoms with Crippen LogP contribution in [0.2, 0.25) is 0 Å². The third-order valence-corrected chi connectivity index (χ3v) is 5.66. The van der Waals surface area contributed by atoms with Gasteiger partial charge in [-0.15, -0.1) is 0 Å². The number of carboxylic acids is 1. The third kappa shape index (κ3) is 3.25. The highest BCUT2D eigenvalue weighted by Gasteiger charge is 2.52. The number of hydrogen-bond donors (Lipinski definition) is 1. The number of aliphatic carboxylic acids is 1. The lowest BCUT2D eigenvalue weighted by molar-refractivity contribution is -0.165. The molecule has 1 N–H and O–H groups in total. The maximum absolute atomic E-state index is 13.8. The number of carbonyl (C=O) groups excluding carboxylic acids is 1. The highest BCUT2D eigenvalue weighted by molar-refractivity contribution is 5.80. The van der Waals surface area contributed by atoms with Gasteiger partial charge in [0.1, 0.15) is 11.6 Å². The molecule has 3 rings (SSSR count). The van der Waals surface area contributed by atoms with E-state index in [1.54, 1.807) is 4.90 Å². The van der Waals surface area contributed by atoms with Crippen LogP contribution in [0.1, 0.15) is 24.8 Å². The zero-order valence-corrected chi connectivity index (χ0v) is 14.2. The molecule has 2 aliphatic rings. The quantitative estimate of drug-likeness (QED) is 0.903. The van der Waals surface area contributed by atoms with Crippen molar-refractivity contribution in [2.45, 2.75) is 31.7 Å². The van der Waals surface area contributed by atoms with E-state index in [4.69, 9.17) is 0 Å². The van der Waals surface area contributed by atoms with Crippen molar-refractivity contribution < 1.29 is 23.5 Å². The number of benzene rings is 1. The van der Waals surface area contributed by atoms with Gasteiger partial charge in [0.05, 0.1) is 11.8 Å². The molecule has 0 aromatic heterocycles. The van der Waals surface area contributed by atoms with E-state index < -0.39 is 23.0 Å². The first kappa shape index (κ1) is 17.8. The van der Waals surface area contributed by atoms with Crippen molar-refractivity contribution in [1.82, 2.24) is 9.80 Å². The Bertz CT molecular complexity index is 697. The number of amides is 1. The molecule has 0 aliphatic carbocycles. The van der Waals surface area contributed by atoms with Crippen molar-refractivity contribution in [2.75, 3.05) is 26.7 Å². The molecule has 2 heterocycles. The average Bonchev–Trinajstić information content (AvgIpc) is 2.57. The van der Waals surface area contributed by atoms with Crippen molar-refractivity contribution in [3.8, 4) is 0 Å². The summed E-state index contributed by atoms with van der Waals surface area (Å²) in [7, 11) is 1.88. The summed E-state index contributed by atoms with van der Waals surface area (Å²) in [6.45, 7) is 1.47. The minimum Gasteiger partial charge on any atom is -0.481 e. The molecule has 1 aromatic rings. The molecule has 1 amide bonds. The van der Waals surface area contributed by atoms with Crippen LogP contribution in [-0.4, -0.2) is 59.5 Å². The number of nitrogens with zero attached hydrogens (tertiary/aromatic N) is 2. The first-order valence-corrected chi connectivity index (χ1v) is 8.49. The van der Waals surface area contributed by atoms with E-state index in [-0.39, 0.29) is 23.9 Å². The molecule has 5 nitrogen and oxygen atoms in total. The zero-order chi connectivity index (χ0) is 18.2. The topological polar surface area (TPSA) is 60.9 Å². The molecule has 25 heavy (non-hydrogen) atoms. The molecule has 1 aromatic carbocycles. The first-order valence-electron chi connectivity index (χ1n) is 8.49. The zero-order valence-electron chi connectivity index (χ0n) is 14.2. The van der Waals surface area contributed by atoms with E-state index in [1.807, 2.05) is 11.9 Å². The monoisotopic (exact) mass is 352 g/mol. The van der Waals surface area contributed by atoms with Crippen molar-refractivity contribution in [2.24, 2.45) is 5.41 Å². The van der Waals surface area contributed by atoms with E-state index in [0.29, 0.717) is 25.9 Å². The number of fused-ring (bicyclic) bond motifs is 1. The minimum atomic E-state index is -0.815. The number of carboxylic acid groups (broad SMARTS) is 1. The van der Waals surface area contributed by atoms with Crippen molar-refractivity contribution >= 4 is 11.9 Å². The molecule has 2 aliphatic heterocycles. The molecular weight excluding hydrogens is 330 g/mol. The van der Waals surface area contributed by atoms with Gasteiger partial charge in [0.25, 0.3) is 0 Å². The van der Waals surface area contributed by atoms with Crippen LogP contribution in [-0.2, 0) is 16.0 Å². The molecule has 7 heteroatoms. The lowest BCUT2D eigenvalue weighted by Gasteiger charge is -2.51. The van der Waals surface area contributed by atoms with Gasteiger partial charge in [-0.1, -0.05) is 6.07 Å². The SMILES string of the molecule is CN1CCC[C@]2(C(=O)O)CCN(C(=O)Cc3ccc(F)cc3F)C[C@@H]12. The smallest absolute Gasteiger partial charge is 0.311 e. The fraction of sp³-hybridized carbons (Fsp3) is 0.556. The van der Waals surface area contributed by atoms with Crippen LogP contribution in [0.5, 0.6) is 0 Å². The van der Waals surface area contributed by atoms with Gasteiger partial charge in [-0.05, 0) is 44.5 Å². The summed E-state index contributed by atoms with van der Waals surface area (Å²) in [4.78, 5) is 28.1. The van der Waals surface area contributed by atoms with Gasteiger partial charge in [-0.2, -0.15) is 0 Å². The van der Waals surface area contributed by atoms with Crippen LogP contribution in [0, 0.1) is 17.0 Å². The first-order chi connectivity index (χ1) is 11.8. The number of rotatable bonds is 3. The number of hydrogen-bond acceptors (Lipinski definition) is 3. The molecular formula is C18H22F2N2O3. The molecule has 0 unspecified atom stereocenters. The van der Waals surface area contributed by atoms with E-state index in [9.17, 15) is 23.5 Å². The van der Waals surface area contributed by atoms with Crippen LogP contribution in [0.4, 0.5) is 8.78 Å². The normalized spacial score (nSPS) is 27.0. The number of carbonyl (C=O) groups is 2. The number of halogens is 2. The van der Waals surface area contributed by atoms with Gasteiger partial charge in [0.15, 0.2) is 0 Å². The van der Waals surface area contributed by atoms with Crippen LogP contribution >= 0.6 is 0 Å². The fourth-order valence-electron chi connectivity index (χ4n) is 4.15. The molecule has 0 radical (unpaired) electrons. The van der Waals surface area contributed by atoms with Gasteiger partial charge in [-0.25, -0.2) is 8.78 Å². The number of piperidine rings is 2. The highest BCUT2D eigenvalue weighted by Crippen LogP contribution is 2.42. The Hall–Kier alpha value is -2.02. The summed E-state index contributed by atoms with van der Waals surface area (Å²) in [5.74, 6) is -2.48. The Kier molecular flexibility index (Phi) is 4.77. The van der Waals surface area contributed by atoms with E-state index in [2.05, 4.69) is 0 Å². The van der Waals surface area contributed by atoms with Crippen LogP contribution in [0.15, 0.2) is 18.2 Å². The van der Waals surface area contributed by atoms with Gasteiger partial charge < -0.3 is 14.9 Å². The van der Waals surface area contributed by atoms with Gasteiger partial charge >= 0.3 is 5.97 Å². The molecule has 0 saturated carbocycles. The molecule has 0 spiro atoms. The largest absolute Gasteiger partial charge is 0.481 e. The maximum atomic E-state index is 13.8. The Morgan fingerprint density at radius 1 is 1.28 bits per heavy atom. The fourth-order valence-corrected chi connectivity index (χ4v) is 4.15. The standard InChI is InChI=1S/C18H22F2N2O3/c1-21-7-2-5-18(17(24)25)6-8-22(11-15(18)21)16(23)9-12-3-4-13(19)10-14(12)20/h3-4,10,15H,2,5-9,11H2,1H3,(H,24,25)/t15-,18+/m1/s1. The molecule has 2 saturated heterocycles. The van der Waals surface area contributed by atoms with Crippen molar-refractivity contribution in [3.05, 3.63) is 35.4 Å². The Labute approximate surface area is 145 Å². The Morgan fingerprint density at radius 3 is 2.72 bits per heavy atom. The highest BCUT2D eigenvalue weighted by atomic mass is 19.1.